The number of hydrogen-bond acceptors (Lipinski definition) is 9. The fourth-order valence-corrected chi connectivity index (χ4v) is 6.42. The first kappa shape index (κ1) is 31.5. The number of ether oxygens (including phenoxy) is 4. The predicted molar refractivity (Wildman–Crippen MR) is 160 cm³/mol. The molecule has 4 rings (SSSR count). The van der Waals surface area contributed by atoms with Gasteiger partial charge >= 0.3 is 11.7 Å². The van der Waals surface area contributed by atoms with Gasteiger partial charge in [-0.15, -0.1) is 11.3 Å². The van der Waals surface area contributed by atoms with Crippen LogP contribution in [0.4, 0.5) is 0 Å². The van der Waals surface area contributed by atoms with Crippen LogP contribution in [0.3, 0.4) is 0 Å². The minimum absolute atomic E-state index is 0.00103. The molecule has 1 aliphatic heterocycles. The number of nitrogens with one attached hydrogen (secondary N) is 1. The van der Waals surface area contributed by atoms with Crippen LogP contribution in [0.1, 0.15) is 67.4 Å². The number of hydrogen-bond donors (Lipinski definition) is 1. The number of carbonyl (C=O) groups excluding carboxylic acids is 2. The summed E-state index contributed by atoms with van der Waals surface area (Å²) in [5.74, 6) is -0.471. The lowest BCUT2D eigenvalue weighted by molar-refractivity contribution is -0.128. The van der Waals surface area contributed by atoms with Crippen molar-refractivity contribution in [3.63, 3.8) is 0 Å². The molecule has 12 heteroatoms. The third kappa shape index (κ3) is 6.02. The predicted octanol–water partition coefficient (Wildman–Crippen LogP) is 3.53. The third-order valence-electron chi connectivity index (χ3n) is 7.48. The molecule has 1 aliphatic rings. The fraction of sp³-hybridized carbons (Fsp3) is 0.533. The third-order valence-corrected chi connectivity index (χ3v) is 8.78. The second kappa shape index (κ2) is 13.2. The summed E-state index contributed by atoms with van der Waals surface area (Å²) in [6, 6.07) is 7.41. The van der Waals surface area contributed by atoms with Crippen molar-refractivity contribution in [1.82, 2.24) is 14.5 Å². The summed E-state index contributed by atoms with van der Waals surface area (Å²) in [6.45, 7) is 9.78. The monoisotopic (exact) mass is 601 g/mol. The van der Waals surface area contributed by atoms with Crippen LogP contribution < -0.4 is 21.3 Å². The largest absolute Gasteiger partial charge is 0.496 e. The molecular formula is C30H39N3O8S. The van der Waals surface area contributed by atoms with Gasteiger partial charge < -0.3 is 24.3 Å². The smallest absolute Gasteiger partial charge is 0.348 e. The number of esters is 1. The number of methoxy groups -OCH3 is 1. The molecule has 0 radical (unpaired) electrons. The van der Waals surface area contributed by atoms with E-state index in [0.29, 0.717) is 48.7 Å². The molecule has 0 aliphatic carbocycles. The molecule has 1 amide bonds. The Kier molecular flexibility index (Phi) is 9.90. The first-order valence-electron chi connectivity index (χ1n) is 14.2. The van der Waals surface area contributed by atoms with Gasteiger partial charge in [0, 0.05) is 25.3 Å². The van der Waals surface area contributed by atoms with Crippen molar-refractivity contribution in [3.8, 4) is 5.75 Å². The molecule has 42 heavy (non-hydrogen) atoms. The van der Waals surface area contributed by atoms with Gasteiger partial charge in [-0.2, -0.15) is 0 Å². The number of likely N-dealkylation sites (N-methyl/N-ethyl adjacent to an activating group) is 1. The van der Waals surface area contributed by atoms with E-state index in [1.165, 1.54) is 18.4 Å². The Morgan fingerprint density at radius 1 is 1.17 bits per heavy atom. The average molecular weight is 602 g/mol. The maximum Gasteiger partial charge on any atom is 0.348 e. The minimum Gasteiger partial charge on any atom is -0.496 e. The standard InChI is InChI=1S/C30H39N3O8S/c1-7-31-28(36)30(4,5)33-25(34)23-18(3)24(27(35)40-8-2)42-26(23)32(29(33)37)17-22(41-19-13-15-39-16-14-19)20-11-9-10-12-21(20)38-6/h9-12,19,22H,7-8,13-17H2,1-6H3,(H,31,36)/t22-/m0/s1. The molecule has 0 saturated carbocycles. The molecule has 1 fully saturated rings. The number of fused-ring (bicyclic) bond motifs is 1. The summed E-state index contributed by atoms with van der Waals surface area (Å²) in [5, 5.41) is 2.91. The maximum absolute atomic E-state index is 14.3. The van der Waals surface area contributed by atoms with E-state index in [-0.39, 0.29) is 29.5 Å². The molecule has 3 heterocycles. The average Bonchev–Trinajstić information content (AvgIpc) is 3.32. The Balaban J connectivity index is 1.99. The van der Waals surface area contributed by atoms with Crippen LogP contribution in [0.5, 0.6) is 5.75 Å². The van der Waals surface area contributed by atoms with Gasteiger partial charge in [-0.05, 0) is 59.1 Å². The van der Waals surface area contributed by atoms with Gasteiger partial charge in [0.15, 0.2) is 0 Å². The highest BCUT2D eigenvalue weighted by atomic mass is 32.1. The molecule has 1 N–H and O–H groups in total. The van der Waals surface area contributed by atoms with Crippen LogP contribution in [-0.4, -0.2) is 60.6 Å². The summed E-state index contributed by atoms with van der Waals surface area (Å²) >= 11 is 1.03. The highest BCUT2D eigenvalue weighted by Gasteiger charge is 2.36. The van der Waals surface area contributed by atoms with Gasteiger partial charge in [-0.1, -0.05) is 18.2 Å². The lowest BCUT2D eigenvalue weighted by Gasteiger charge is -2.30. The maximum atomic E-state index is 14.3. The highest BCUT2D eigenvalue weighted by molar-refractivity contribution is 7.20. The first-order valence-corrected chi connectivity index (χ1v) is 15.0. The summed E-state index contributed by atoms with van der Waals surface area (Å²) in [4.78, 5) is 54.9. The van der Waals surface area contributed by atoms with Crippen molar-refractivity contribution in [2.24, 2.45) is 0 Å². The molecule has 1 aromatic carbocycles. The molecule has 0 unspecified atom stereocenters. The van der Waals surface area contributed by atoms with E-state index in [4.69, 9.17) is 18.9 Å². The van der Waals surface area contributed by atoms with Crippen LogP contribution in [0.2, 0.25) is 0 Å². The number of thiophene rings is 1. The minimum atomic E-state index is -1.53. The molecule has 11 nitrogen and oxygen atoms in total. The number of amides is 1. The number of aromatic nitrogens is 2. The van der Waals surface area contributed by atoms with Crippen LogP contribution in [-0.2, 0) is 31.1 Å². The van der Waals surface area contributed by atoms with Gasteiger partial charge in [0.1, 0.15) is 27.1 Å². The van der Waals surface area contributed by atoms with E-state index >= 15 is 0 Å². The zero-order chi connectivity index (χ0) is 30.6. The Hall–Kier alpha value is -3.48. The van der Waals surface area contributed by atoms with Gasteiger partial charge in [0.05, 0.1) is 31.8 Å². The second-order valence-corrected chi connectivity index (χ2v) is 11.6. The zero-order valence-corrected chi connectivity index (χ0v) is 25.8. The van der Waals surface area contributed by atoms with Gasteiger partial charge in [-0.25, -0.2) is 14.2 Å². The van der Waals surface area contributed by atoms with Crippen molar-refractivity contribution in [3.05, 3.63) is 61.1 Å². The van der Waals surface area contributed by atoms with E-state index in [2.05, 4.69) is 5.32 Å². The normalized spacial score (nSPS) is 15.0. The number of rotatable bonds is 11. The molecule has 228 valence electrons. The lowest BCUT2D eigenvalue weighted by Crippen LogP contribution is -2.55. The van der Waals surface area contributed by atoms with E-state index in [1.807, 2.05) is 24.3 Å². The molecule has 2 aromatic heterocycles. The van der Waals surface area contributed by atoms with Crippen molar-refractivity contribution in [2.75, 3.05) is 33.5 Å². The van der Waals surface area contributed by atoms with Crippen molar-refractivity contribution in [1.29, 1.82) is 0 Å². The number of carbonyl (C=O) groups is 2. The number of para-hydroxylation sites is 1. The summed E-state index contributed by atoms with van der Waals surface area (Å²) in [6.07, 6.45) is 0.588. The topological polar surface area (TPSA) is 127 Å². The van der Waals surface area contributed by atoms with Crippen molar-refractivity contribution >= 4 is 33.4 Å². The molecule has 1 saturated heterocycles. The van der Waals surface area contributed by atoms with Gasteiger partial charge in [-0.3, -0.25) is 14.2 Å². The molecule has 3 aromatic rings. The van der Waals surface area contributed by atoms with E-state index in [0.717, 1.165) is 21.5 Å². The van der Waals surface area contributed by atoms with Gasteiger partial charge in [0.2, 0.25) is 5.91 Å². The van der Waals surface area contributed by atoms with E-state index in [9.17, 15) is 19.2 Å². The van der Waals surface area contributed by atoms with Crippen molar-refractivity contribution < 1.29 is 28.5 Å². The SMILES string of the molecule is CCNC(=O)C(C)(C)n1c(=O)c2c(C)c(C(=O)OCC)sc2n(C[C@H](OC2CCOCC2)c2ccccc2OC)c1=O. The van der Waals surface area contributed by atoms with E-state index < -0.39 is 34.8 Å². The zero-order valence-electron chi connectivity index (χ0n) is 25.0. The molecule has 1 atom stereocenters. The van der Waals surface area contributed by atoms with E-state index in [1.54, 1.807) is 27.9 Å². The molecular weight excluding hydrogens is 562 g/mol. The summed E-state index contributed by atoms with van der Waals surface area (Å²) in [5.41, 5.74) is -1.74. The van der Waals surface area contributed by atoms with Crippen LogP contribution >= 0.6 is 11.3 Å². The quantitative estimate of drug-likeness (QED) is 0.331. The highest BCUT2D eigenvalue weighted by Crippen LogP contribution is 2.34. The Labute approximate surface area is 248 Å². The number of benzene rings is 1. The number of nitrogens with zero attached hydrogens (tertiary/aromatic N) is 2. The van der Waals surface area contributed by atoms with Gasteiger partial charge in [0.25, 0.3) is 5.56 Å². The number of aryl methyl sites for hydroxylation is 1. The van der Waals surface area contributed by atoms with Crippen LogP contribution in [0.15, 0.2) is 33.9 Å². The first-order chi connectivity index (χ1) is 20.1. The van der Waals surface area contributed by atoms with Crippen LogP contribution in [0.25, 0.3) is 10.2 Å². The molecule has 0 bridgehead atoms. The summed E-state index contributed by atoms with van der Waals surface area (Å²) < 4.78 is 25.5. The summed E-state index contributed by atoms with van der Waals surface area (Å²) in [7, 11) is 1.57. The fourth-order valence-electron chi connectivity index (χ4n) is 5.23. The molecule has 0 spiro atoms. The Morgan fingerprint density at radius 3 is 2.50 bits per heavy atom. The lowest BCUT2D eigenvalue weighted by atomic mass is 10.0. The van der Waals surface area contributed by atoms with Crippen LogP contribution in [0, 0.1) is 6.92 Å². The Bertz CT molecular complexity index is 1560. The van der Waals surface area contributed by atoms with Crippen molar-refractivity contribution in [2.45, 2.75) is 71.8 Å². The Morgan fingerprint density at radius 2 is 1.86 bits per heavy atom. The second-order valence-electron chi connectivity index (χ2n) is 10.6.